The second-order valence-corrected chi connectivity index (χ2v) is 6.30. The molecule has 24 heavy (non-hydrogen) atoms. The van der Waals surface area contributed by atoms with Gasteiger partial charge in [0, 0.05) is 37.9 Å². The smallest absolute Gasteiger partial charge is 0.126 e. The van der Waals surface area contributed by atoms with Gasteiger partial charge in [-0.15, -0.1) is 0 Å². The van der Waals surface area contributed by atoms with E-state index in [1.807, 2.05) is 18.2 Å². The average molecular weight is 332 g/mol. The topological polar surface area (TPSA) is 35.5 Å². The molecule has 0 bridgehead atoms. The zero-order valence-corrected chi connectivity index (χ0v) is 13.5. The van der Waals surface area contributed by atoms with Crippen molar-refractivity contribution in [2.75, 3.05) is 18.4 Å². The number of halogens is 2. The highest BCUT2D eigenvalue weighted by Crippen LogP contribution is 2.21. The number of nitrogens with zero attached hydrogens (tertiary/aromatic N) is 1. The van der Waals surface area contributed by atoms with Crippen LogP contribution in [0.3, 0.4) is 0 Å². The Labute approximate surface area is 140 Å². The molecule has 3 nitrogen and oxygen atoms in total. The number of para-hydroxylation sites is 1. The lowest BCUT2D eigenvalue weighted by atomic mass is 10.1. The van der Waals surface area contributed by atoms with Crippen molar-refractivity contribution in [3.8, 4) is 0 Å². The van der Waals surface area contributed by atoms with Crippen LogP contribution in [0.5, 0.6) is 0 Å². The van der Waals surface area contributed by atoms with Crippen molar-refractivity contribution in [1.82, 2.24) is 4.90 Å². The number of anilines is 1. The van der Waals surface area contributed by atoms with E-state index >= 15 is 0 Å². The first-order valence-corrected chi connectivity index (χ1v) is 8.27. The van der Waals surface area contributed by atoms with Gasteiger partial charge in [0.1, 0.15) is 11.6 Å². The number of aliphatic hydroxyl groups is 1. The molecule has 128 valence electrons. The summed E-state index contributed by atoms with van der Waals surface area (Å²) in [7, 11) is 0. The molecule has 2 aromatic rings. The standard InChI is InChI=1S/C19H22F2N2O/c20-16-9-14(10-17(21)11-16)12-22-19-4-2-1-3-15(19)13-23-7-5-18(24)6-8-23/h1-4,9-11,18,22,24H,5-8,12-13H2. The number of piperidine rings is 1. The van der Waals surface area contributed by atoms with Crippen molar-refractivity contribution >= 4 is 5.69 Å². The van der Waals surface area contributed by atoms with E-state index in [2.05, 4.69) is 16.3 Å². The largest absolute Gasteiger partial charge is 0.393 e. The number of likely N-dealkylation sites (tertiary alicyclic amines) is 1. The van der Waals surface area contributed by atoms with Crippen molar-refractivity contribution in [2.45, 2.75) is 32.0 Å². The van der Waals surface area contributed by atoms with Gasteiger partial charge in [-0.25, -0.2) is 8.78 Å². The SMILES string of the molecule is OC1CCN(Cc2ccccc2NCc2cc(F)cc(F)c2)CC1. The molecule has 0 radical (unpaired) electrons. The first-order valence-electron chi connectivity index (χ1n) is 8.27. The van der Waals surface area contributed by atoms with E-state index in [1.165, 1.54) is 12.1 Å². The molecule has 2 aromatic carbocycles. The highest BCUT2D eigenvalue weighted by molar-refractivity contribution is 5.51. The Balaban J connectivity index is 1.65. The minimum atomic E-state index is -0.563. The third kappa shape index (κ3) is 4.52. The molecule has 3 rings (SSSR count). The monoisotopic (exact) mass is 332 g/mol. The molecule has 1 heterocycles. The van der Waals surface area contributed by atoms with Gasteiger partial charge in [-0.05, 0) is 42.2 Å². The normalized spacial score (nSPS) is 16.3. The Hall–Kier alpha value is -1.98. The average Bonchev–Trinajstić information content (AvgIpc) is 2.55. The zero-order valence-electron chi connectivity index (χ0n) is 13.5. The third-order valence-corrected chi connectivity index (χ3v) is 4.37. The van der Waals surface area contributed by atoms with E-state index in [1.54, 1.807) is 0 Å². The number of nitrogens with one attached hydrogen (secondary N) is 1. The first kappa shape index (κ1) is 16.9. The van der Waals surface area contributed by atoms with Gasteiger partial charge < -0.3 is 10.4 Å². The Kier molecular flexibility index (Phi) is 5.43. The van der Waals surface area contributed by atoms with Crippen LogP contribution in [0.25, 0.3) is 0 Å². The number of hydrogen-bond acceptors (Lipinski definition) is 3. The van der Waals surface area contributed by atoms with Crippen LogP contribution in [0, 0.1) is 11.6 Å². The molecule has 1 saturated heterocycles. The van der Waals surface area contributed by atoms with Gasteiger partial charge in [-0.3, -0.25) is 4.90 Å². The van der Waals surface area contributed by atoms with Crippen molar-refractivity contribution in [3.05, 3.63) is 65.2 Å². The van der Waals surface area contributed by atoms with E-state index in [0.717, 1.165) is 49.8 Å². The maximum atomic E-state index is 13.3. The Morgan fingerprint density at radius 1 is 1.04 bits per heavy atom. The van der Waals surface area contributed by atoms with Crippen LogP contribution in [0.15, 0.2) is 42.5 Å². The van der Waals surface area contributed by atoms with E-state index in [4.69, 9.17) is 0 Å². The molecule has 0 atom stereocenters. The lowest BCUT2D eigenvalue weighted by Crippen LogP contribution is -2.35. The molecular formula is C19H22F2N2O. The van der Waals surface area contributed by atoms with Crippen LogP contribution in [-0.2, 0) is 13.1 Å². The number of aliphatic hydroxyl groups excluding tert-OH is 1. The molecule has 0 spiro atoms. The molecule has 1 aliphatic heterocycles. The lowest BCUT2D eigenvalue weighted by molar-refractivity contribution is 0.0793. The van der Waals surface area contributed by atoms with Gasteiger partial charge in [-0.1, -0.05) is 18.2 Å². The van der Waals surface area contributed by atoms with Crippen molar-refractivity contribution in [2.24, 2.45) is 0 Å². The summed E-state index contributed by atoms with van der Waals surface area (Å²) in [6, 6.07) is 11.5. The summed E-state index contributed by atoms with van der Waals surface area (Å²) < 4.78 is 26.6. The summed E-state index contributed by atoms with van der Waals surface area (Å²) >= 11 is 0. The molecular weight excluding hydrogens is 310 g/mol. The van der Waals surface area contributed by atoms with Crippen molar-refractivity contribution < 1.29 is 13.9 Å². The van der Waals surface area contributed by atoms with Crippen molar-refractivity contribution in [1.29, 1.82) is 0 Å². The molecule has 0 aromatic heterocycles. The summed E-state index contributed by atoms with van der Waals surface area (Å²) in [4.78, 5) is 2.31. The second kappa shape index (κ2) is 7.73. The number of rotatable bonds is 5. The molecule has 0 amide bonds. The molecule has 0 saturated carbocycles. The van der Waals surface area contributed by atoms with Gasteiger partial charge >= 0.3 is 0 Å². The highest BCUT2D eigenvalue weighted by atomic mass is 19.1. The minimum absolute atomic E-state index is 0.183. The fourth-order valence-electron chi connectivity index (χ4n) is 3.06. The zero-order chi connectivity index (χ0) is 16.9. The van der Waals surface area contributed by atoms with Crippen LogP contribution in [0.1, 0.15) is 24.0 Å². The summed E-state index contributed by atoms with van der Waals surface area (Å²) in [6.07, 6.45) is 1.42. The molecule has 0 unspecified atom stereocenters. The summed E-state index contributed by atoms with van der Waals surface area (Å²) in [5, 5.41) is 12.9. The highest BCUT2D eigenvalue weighted by Gasteiger charge is 2.17. The van der Waals surface area contributed by atoms with Gasteiger partial charge in [0.15, 0.2) is 0 Å². The quantitative estimate of drug-likeness (QED) is 0.879. The summed E-state index contributed by atoms with van der Waals surface area (Å²) in [6.45, 7) is 2.92. The second-order valence-electron chi connectivity index (χ2n) is 6.30. The van der Waals surface area contributed by atoms with Crippen LogP contribution in [-0.4, -0.2) is 29.2 Å². The van der Waals surface area contributed by atoms with E-state index < -0.39 is 11.6 Å². The van der Waals surface area contributed by atoms with Crippen LogP contribution < -0.4 is 5.32 Å². The van der Waals surface area contributed by atoms with Crippen LogP contribution in [0.2, 0.25) is 0 Å². The maximum Gasteiger partial charge on any atom is 0.126 e. The third-order valence-electron chi connectivity index (χ3n) is 4.37. The van der Waals surface area contributed by atoms with Gasteiger partial charge in [0.2, 0.25) is 0 Å². The van der Waals surface area contributed by atoms with Crippen LogP contribution >= 0.6 is 0 Å². The fraction of sp³-hybridized carbons (Fsp3) is 0.368. The number of benzene rings is 2. The summed E-state index contributed by atoms with van der Waals surface area (Å²) in [5.74, 6) is -1.13. The van der Waals surface area contributed by atoms with E-state index in [9.17, 15) is 13.9 Å². The molecule has 0 aliphatic carbocycles. The Bertz CT molecular complexity index is 665. The molecule has 1 fully saturated rings. The van der Waals surface area contributed by atoms with Gasteiger partial charge in [0.25, 0.3) is 0 Å². The molecule has 1 aliphatic rings. The fourth-order valence-corrected chi connectivity index (χ4v) is 3.06. The molecule has 2 N–H and O–H groups in total. The van der Waals surface area contributed by atoms with Gasteiger partial charge in [0.05, 0.1) is 6.10 Å². The number of hydrogen-bond donors (Lipinski definition) is 2. The first-order chi connectivity index (χ1) is 11.6. The predicted molar refractivity (Wildman–Crippen MR) is 90.6 cm³/mol. The van der Waals surface area contributed by atoms with Crippen molar-refractivity contribution in [3.63, 3.8) is 0 Å². The minimum Gasteiger partial charge on any atom is -0.393 e. The van der Waals surface area contributed by atoms with Crippen LogP contribution in [0.4, 0.5) is 14.5 Å². The Morgan fingerprint density at radius 2 is 1.71 bits per heavy atom. The van der Waals surface area contributed by atoms with E-state index in [-0.39, 0.29) is 6.10 Å². The molecule has 5 heteroatoms. The lowest BCUT2D eigenvalue weighted by Gasteiger charge is -2.30. The maximum absolute atomic E-state index is 13.3. The Morgan fingerprint density at radius 3 is 2.42 bits per heavy atom. The van der Waals surface area contributed by atoms with Gasteiger partial charge in [-0.2, -0.15) is 0 Å². The van der Waals surface area contributed by atoms with E-state index in [0.29, 0.717) is 12.1 Å². The summed E-state index contributed by atoms with van der Waals surface area (Å²) in [5.41, 5.74) is 2.68. The predicted octanol–water partition coefficient (Wildman–Crippen LogP) is 3.53.